The Kier molecular flexibility index (Phi) is 6.77. The molecule has 114 valence electrons. The Bertz CT molecular complexity index is 688. The van der Waals surface area contributed by atoms with E-state index in [-0.39, 0.29) is 23.9 Å². The van der Waals surface area contributed by atoms with E-state index in [1.807, 2.05) is 0 Å². The second-order valence-electron chi connectivity index (χ2n) is 4.05. The summed E-state index contributed by atoms with van der Waals surface area (Å²) < 4.78 is 30.5. The average molecular weight is 313 g/mol. The minimum absolute atomic E-state index is 0. The zero-order chi connectivity index (χ0) is 15.3. The van der Waals surface area contributed by atoms with Crippen LogP contribution in [0.1, 0.15) is 18.9 Å². The number of aryl methyl sites for hydroxylation is 1. The van der Waals surface area contributed by atoms with Crippen molar-refractivity contribution >= 4 is 27.4 Å². The fraction of sp³-hybridized carbons (Fsp3) is 0.250. The zero-order valence-electron chi connectivity index (χ0n) is 11.3. The number of Topliss-reactive ketones (excluding diaryl/α,β-unsaturated/α-hetero) is 2. The Morgan fingerprint density at radius 1 is 1.24 bits per heavy atom. The lowest BCUT2D eigenvalue weighted by molar-refractivity contribution is -0.123. The maximum absolute atomic E-state index is 11.6. The molecule has 0 aliphatic carbocycles. The van der Waals surface area contributed by atoms with E-state index in [1.54, 1.807) is 0 Å². The highest BCUT2D eigenvalue weighted by atomic mass is 32.2. The summed E-state index contributed by atoms with van der Waals surface area (Å²) in [6.07, 6.45) is 0.196. The quantitative estimate of drug-likeness (QED) is 0.260. The molecular weight excluding hydrogens is 298 g/mol. The lowest BCUT2D eigenvalue weighted by Gasteiger charge is -2.01. The van der Waals surface area contributed by atoms with Gasteiger partial charge in [0, 0.05) is 13.3 Å². The Morgan fingerprint density at radius 3 is 2.14 bits per heavy atom. The fourth-order valence-electron chi connectivity index (χ4n) is 1.53. The molecule has 0 aromatic heterocycles. The number of hydrogen-bond acceptors (Lipinski definition) is 5. The van der Waals surface area contributed by atoms with E-state index in [0.717, 1.165) is 6.92 Å². The van der Waals surface area contributed by atoms with Crippen LogP contribution in [0, 0.1) is 0 Å². The van der Waals surface area contributed by atoms with Crippen molar-refractivity contribution < 1.29 is 27.3 Å². The molecule has 0 heterocycles. The van der Waals surface area contributed by atoms with Gasteiger partial charge in [0.1, 0.15) is 0 Å². The van der Waals surface area contributed by atoms with Crippen LogP contribution in [-0.2, 0) is 26.1 Å². The van der Waals surface area contributed by atoms with Crippen molar-refractivity contribution in [3.05, 3.63) is 35.4 Å². The van der Waals surface area contributed by atoms with Crippen LogP contribution in [-0.4, -0.2) is 35.0 Å². The lowest BCUT2D eigenvalue weighted by atomic mass is 10.0. The smallest absolute Gasteiger partial charge is 0.360 e. The Morgan fingerprint density at radius 2 is 1.76 bits per heavy atom. The van der Waals surface area contributed by atoms with Gasteiger partial charge in [-0.3, -0.25) is 14.1 Å². The van der Waals surface area contributed by atoms with Crippen molar-refractivity contribution in [2.75, 3.05) is 0 Å². The monoisotopic (exact) mass is 313 g/mol. The van der Waals surface area contributed by atoms with Gasteiger partial charge < -0.3 is 11.7 Å². The van der Waals surface area contributed by atoms with Crippen LogP contribution >= 0.6 is 0 Å². The molecule has 0 radical (unpaired) electrons. The van der Waals surface area contributed by atoms with Crippen molar-refractivity contribution in [1.29, 1.82) is 0 Å². The van der Waals surface area contributed by atoms with Gasteiger partial charge in [-0.2, -0.15) is 13.2 Å². The van der Waals surface area contributed by atoms with Gasteiger partial charge >= 0.3 is 5.71 Å². The van der Waals surface area contributed by atoms with Crippen molar-refractivity contribution in [2.45, 2.75) is 24.7 Å². The van der Waals surface area contributed by atoms with E-state index in [2.05, 4.69) is 4.79 Å². The van der Waals surface area contributed by atoms with Gasteiger partial charge in [-0.15, -0.1) is 0 Å². The molecule has 9 heteroatoms. The topological polar surface area (TPSA) is 160 Å². The van der Waals surface area contributed by atoms with Gasteiger partial charge in [0.2, 0.25) is 11.6 Å². The van der Waals surface area contributed by atoms with Crippen LogP contribution in [0.2, 0.25) is 0 Å². The summed E-state index contributed by atoms with van der Waals surface area (Å²) in [5.74, 6) is -1.22. The Hall–Kier alpha value is -2.19. The molecule has 0 saturated heterocycles. The summed E-state index contributed by atoms with van der Waals surface area (Å²) >= 11 is 0. The van der Waals surface area contributed by atoms with E-state index in [4.69, 9.17) is 10.1 Å². The number of carbonyl (C=O) groups excluding carboxylic acids is 2. The van der Waals surface area contributed by atoms with E-state index in [0.29, 0.717) is 5.56 Å². The van der Waals surface area contributed by atoms with Crippen LogP contribution in [0.4, 0.5) is 0 Å². The van der Waals surface area contributed by atoms with E-state index in [9.17, 15) is 18.0 Å². The van der Waals surface area contributed by atoms with Crippen LogP contribution in [0.25, 0.3) is 5.53 Å². The molecule has 0 aliphatic rings. The molecule has 0 saturated carbocycles. The number of hydrogen-bond donors (Lipinski definition) is 2. The molecule has 1 rings (SSSR count). The van der Waals surface area contributed by atoms with Gasteiger partial charge in [-0.05, 0) is 24.1 Å². The molecule has 0 atom stereocenters. The third-order valence-corrected chi connectivity index (χ3v) is 3.43. The summed E-state index contributed by atoms with van der Waals surface area (Å²) in [5, 5.41) is 0. The lowest BCUT2D eigenvalue weighted by Crippen LogP contribution is -2.23. The Balaban J connectivity index is 0.00000400. The first-order chi connectivity index (χ1) is 9.25. The maximum atomic E-state index is 11.6. The second-order valence-corrected chi connectivity index (χ2v) is 5.47. The molecular formula is C12H15N3O5S. The highest BCUT2D eigenvalue weighted by molar-refractivity contribution is 7.85. The second kappa shape index (κ2) is 7.55. The van der Waals surface area contributed by atoms with Crippen LogP contribution < -0.4 is 6.15 Å². The first-order valence-electron chi connectivity index (χ1n) is 5.58. The average Bonchev–Trinajstić information content (AvgIpc) is 2.36. The largest absolute Gasteiger partial charge is 0.399 e. The molecule has 4 N–H and O–H groups in total. The van der Waals surface area contributed by atoms with E-state index < -0.39 is 27.4 Å². The first-order valence-corrected chi connectivity index (χ1v) is 7.02. The highest BCUT2D eigenvalue weighted by Crippen LogP contribution is 2.11. The summed E-state index contributed by atoms with van der Waals surface area (Å²) in [6.45, 7) is 1.12. The molecule has 8 nitrogen and oxygen atoms in total. The normalized spacial score (nSPS) is 10.2. The summed E-state index contributed by atoms with van der Waals surface area (Å²) in [6, 6.07) is 5.31. The molecule has 0 spiro atoms. The number of rotatable bonds is 6. The van der Waals surface area contributed by atoms with Crippen molar-refractivity contribution in [3.63, 3.8) is 0 Å². The number of nitrogens with zero attached hydrogens (tertiary/aromatic N) is 2. The van der Waals surface area contributed by atoms with Crippen molar-refractivity contribution in [1.82, 2.24) is 6.15 Å². The van der Waals surface area contributed by atoms with Crippen LogP contribution in [0.3, 0.4) is 0 Å². The standard InChI is InChI=1S/C12H12N2O5S.H3N/c1-8(15)12(14-13)11(16)7-4-9-2-5-10(6-3-9)20(17,18)19;/h2-3,5-6H,4,7H2,1H3,(H,17,18,19);1H3. The highest BCUT2D eigenvalue weighted by Gasteiger charge is 2.24. The third-order valence-electron chi connectivity index (χ3n) is 2.56. The molecule has 1 aromatic carbocycles. The predicted molar refractivity (Wildman–Crippen MR) is 73.9 cm³/mol. The number of carbonyl (C=O) groups is 2. The van der Waals surface area contributed by atoms with E-state index >= 15 is 0 Å². The molecule has 0 amide bonds. The fourth-order valence-corrected chi connectivity index (χ4v) is 2.01. The van der Waals surface area contributed by atoms with Crippen LogP contribution in [0.5, 0.6) is 0 Å². The minimum Gasteiger partial charge on any atom is -0.360 e. The van der Waals surface area contributed by atoms with E-state index in [1.165, 1.54) is 24.3 Å². The molecule has 0 fully saturated rings. The minimum atomic E-state index is -4.24. The van der Waals surface area contributed by atoms with Crippen LogP contribution in [0.15, 0.2) is 29.2 Å². The van der Waals surface area contributed by atoms with Gasteiger partial charge in [-0.1, -0.05) is 12.1 Å². The van der Waals surface area contributed by atoms with Crippen molar-refractivity contribution in [3.8, 4) is 0 Å². The third kappa shape index (κ3) is 5.36. The Labute approximate surface area is 121 Å². The first kappa shape index (κ1) is 18.8. The maximum Gasteiger partial charge on any atom is 0.399 e. The molecule has 1 aromatic rings. The van der Waals surface area contributed by atoms with Gasteiger partial charge in [0.15, 0.2) is 0 Å². The molecule has 21 heavy (non-hydrogen) atoms. The summed E-state index contributed by atoms with van der Waals surface area (Å²) in [7, 11) is -4.24. The number of ketones is 2. The van der Waals surface area contributed by atoms with Gasteiger partial charge in [0.05, 0.1) is 4.90 Å². The van der Waals surface area contributed by atoms with Gasteiger partial charge in [0.25, 0.3) is 10.1 Å². The molecule has 0 aliphatic heterocycles. The summed E-state index contributed by atoms with van der Waals surface area (Å²) in [4.78, 5) is 25.0. The SMILES string of the molecule is CC(=O)C(=[N+]=[N-])C(=O)CCc1ccc(S(=O)(=O)O)cc1.N. The van der Waals surface area contributed by atoms with Crippen molar-refractivity contribution in [2.24, 2.45) is 0 Å². The zero-order valence-corrected chi connectivity index (χ0v) is 12.1. The molecule has 0 unspecified atom stereocenters. The predicted octanol–water partition coefficient (Wildman–Crippen LogP) is 0.857. The molecule has 0 bridgehead atoms. The summed E-state index contributed by atoms with van der Waals surface area (Å²) in [5.41, 5.74) is 8.67. The van der Waals surface area contributed by atoms with Gasteiger partial charge in [-0.25, -0.2) is 0 Å². The number of benzene rings is 1.